The summed E-state index contributed by atoms with van der Waals surface area (Å²) in [5.74, 6) is 2.20. The highest BCUT2D eigenvalue weighted by Crippen LogP contribution is 2.14. The van der Waals surface area contributed by atoms with Crippen LogP contribution in [-0.4, -0.2) is 77.1 Å². The van der Waals surface area contributed by atoms with Crippen molar-refractivity contribution in [1.82, 2.24) is 0 Å². The summed E-state index contributed by atoms with van der Waals surface area (Å²) in [7, 11) is 0. The van der Waals surface area contributed by atoms with Gasteiger partial charge in [-0.2, -0.15) is 11.8 Å². The lowest BCUT2D eigenvalue weighted by Crippen LogP contribution is -2.26. The molecule has 1 unspecified atom stereocenters. The number of ether oxygens (including phenoxy) is 5. The third-order valence-corrected chi connectivity index (χ3v) is 6.13. The van der Waals surface area contributed by atoms with E-state index in [1.54, 1.807) is 0 Å². The van der Waals surface area contributed by atoms with Gasteiger partial charge in [-0.05, 0) is 12.2 Å². The maximum absolute atomic E-state index is 5.97. The molecule has 0 aromatic heterocycles. The molecule has 0 bridgehead atoms. The fourth-order valence-electron chi connectivity index (χ4n) is 3.20. The third kappa shape index (κ3) is 19.8. The van der Waals surface area contributed by atoms with E-state index >= 15 is 0 Å². The molecule has 0 amide bonds. The molecule has 6 heteroatoms. The first-order chi connectivity index (χ1) is 14.4. The molecule has 0 aliphatic carbocycles. The van der Waals surface area contributed by atoms with Gasteiger partial charge in [0.05, 0.1) is 65.6 Å². The van der Waals surface area contributed by atoms with Crippen LogP contribution in [0, 0.1) is 0 Å². The van der Waals surface area contributed by atoms with Crippen molar-refractivity contribution in [1.29, 1.82) is 0 Å². The summed E-state index contributed by atoms with van der Waals surface area (Å²) in [5, 5.41) is 0. The normalized spacial score (nSPS) is 20.8. The maximum atomic E-state index is 5.97. The lowest BCUT2D eigenvalue weighted by atomic mass is 10.1. The molecule has 29 heavy (non-hydrogen) atoms. The van der Waals surface area contributed by atoms with Crippen molar-refractivity contribution >= 4 is 11.8 Å². The molecule has 174 valence electrons. The molecule has 1 aliphatic rings. The Hall–Kier alpha value is 0.150. The van der Waals surface area contributed by atoms with Gasteiger partial charge in [0.25, 0.3) is 0 Å². The van der Waals surface area contributed by atoms with Crippen molar-refractivity contribution < 1.29 is 23.7 Å². The lowest BCUT2D eigenvalue weighted by molar-refractivity contribution is -0.0359. The summed E-state index contributed by atoms with van der Waals surface area (Å²) >= 11 is 1.99. The molecule has 0 N–H and O–H groups in total. The molecule has 1 fully saturated rings. The van der Waals surface area contributed by atoms with Gasteiger partial charge in [0.15, 0.2) is 0 Å². The van der Waals surface area contributed by atoms with Crippen LogP contribution in [0.4, 0.5) is 0 Å². The van der Waals surface area contributed by atoms with Crippen LogP contribution in [0.25, 0.3) is 0 Å². The molecule has 0 radical (unpaired) electrons. The van der Waals surface area contributed by atoms with Crippen molar-refractivity contribution in [3.8, 4) is 0 Å². The first-order valence-corrected chi connectivity index (χ1v) is 13.1. The zero-order valence-electron chi connectivity index (χ0n) is 18.9. The summed E-state index contributed by atoms with van der Waals surface area (Å²) in [6.07, 6.45) is 14.0. The van der Waals surface area contributed by atoms with Crippen LogP contribution >= 0.6 is 11.8 Å². The monoisotopic (exact) mass is 434 g/mol. The molecule has 5 nitrogen and oxygen atoms in total. The minimum absolute atomic E-state index is 0.132. The summed E-state index contributed by atoms with van der Waals surface area (Å²) < 4.78 is 28.1. The van der Waals surface area contributed by atoms with E-state index in [0.29, 0.717) is 59.5 Å². The topological polar surface area (TPSA) is 46.2 Å². The van der Waals surface area contributed by atoms with E-state index in [1.807, 2.05) is 11.8 Å². The zero-order chi connectivity index (χ0) is 20.7. The average Bonchev–Trinajstić information content (AvgIpc) is 2.74. The molecular weight excluding hydrogens is 388 g/mol. The van der Waals surface area contributed by atoms with Gasteiger partial charge in [-0.25, -0.2) is 0 Å². The molecular formula is C23H46O5S. The highest BCUT2D eigenvalue weighted by Gasteiger charge is 2.10. The predicted octanol–water partition coefficient (Wildman–Crippen LogP) is 5.11. The smallest absolute Gasteiger partial charge is 0.0899 e. The van der Waals surface area contributed by atoms with E-state index in [9.17, 15) is 0 Å². The van der Waals surface area contributed by atoms with Crippen molar-refractivity contribution in [3.05, 3.63) is 0 Å². The Morgan fingerprint density at radius 1 is 0.586 bits per heavy atom. The second kappa shape index (κ2) is 22.8. The molecule has 1 heterocycles. The molecule has 1 rings (SSSR count). The van der Waals surface area contributed by atoms with E-state index in [2.05, 4.69) is 6.92 Å². The number of rotatable bonds is 13. The molecule has 0 aromatic carbocycles. The summed E-state index contributed by atoms with van der Waals surface area (Å²) in [6.45, 7) is 7.79. The second-order valence-electron chi connectivity index (χ2n) is 7.66. The minimum Gasteiger partial charge on any atom is -0.377 e. The lowest BCUT2D eigenvalue weighted by Gasteiger charge is -2.18. The first kappa shape index (κ1) is 27.2. The largest absolute Gasteiger partial charge is 0.377 e. The van der Waals surface area contributed by atoms with Crippen LogP contribution in [0.5, 0.6) is 0 Å². The van der Waals surface area contributed by atoms with E-state index in [-0.39, 0.29) is 6.10 Å². The van der Waals surface area contributed by atoms with Crippen LogP contribution in [0.15, 0.2) is 0 Å². The molecule has 0 saturated carbocycles. The second-order valence-corrected chi connectivity index (χ2v) is 8.81. The van der Waals surface area contributed by atoms with Gasteiger partial charge in [0.2, 0.25) is 0 Å². The SMILES string of the molecule is CCCCCCCCCCCCSCC1COCCOCCOCCOCCO1. The van der Waals surface area contributed by atoms with Crippen molar-refractivity contribution in [2.24, 2.45) is 0 Å². The van der Waals surface area contributed by atoms with Gasteiger partial charge in [0, 0.05) is 5.75 Å². The quantitative estimate of drug-likeness (QED) is 0.376. The third-order valence-electron chi connectivity index (χ3n) is 4.95. The molecule has 1 atom stereocenters. The number of hydrogen-bond donors (Lipinski definition) is 0. The predicted molar refractivity (Wildman–Crippen MR) is 122 cm³/mol. The highest BCUT2D eigenvalue weighted by atomic mass is 32.2. The van der Waals surface area contributed by atoms with Gasteiger partial charge < -0.3 is 23.7 Å². The summed E-state index contributed by atoms with van der Waals surface area (Å²) in [6, 6.07) is 0. The zero-order valence-corrected chi connectivity index (χ0v) is 19.7. The Bertz CT molecular complexity index is 304. The number of hydrogen-bond acceptors (Lipinski definition) is 6. The van der Waals surface area contributed by atoms with Gasteiger partial charge in [0.1, 0.15) is 0 Å². The van der Waals surface area contributed by atoms with Crippen molar-refractivity contribution in [2.45, 2.75) is 77.2 Å². The number of thioether (sulfide) groups is 1. The first-order valence-electron chi connectivity index (χ1n) is 11.9. The Balaban J connectivity index is 1.99. The van der Waals surface area contributed by atoms with E-state index in [4.69, 9.17) is 23.7 Å². The average molecular weight is 435 g/mol. The van der Waals surface area contributed by atoms with Crippen LogP contribution in [0.2, 0.25) is 0 Å². The van der Waals surface area contributed by atoms with Gasteiger partial charge in [-0.15, -0.1) is 0 Å². The minimum atomic E-state index is 0.132. The maximum Gasteiger partial charge on any atom is 0.0899 e. The van der Waals surface area contributed by atoms with Gasteiger partial charge in [-0.1, -0.05) is 64.7 Å². The van der Waals surface area contributed by atoms with Crippen LogP contribution < -0.4 is 0 Å². The van der Waals surface area contributed by atoms with Crippen molar-refractivity contribution in [2.75, 3.05) is 71.0 Å². The van der Waals surface area contributed by atoms with Crippen LogP contribution in [-0.2, 0) is 23.7 Å². The Labute approximate surface area is 183 Å². The van der Waals surface area contributed by atoms with Crippen LogP contribution in [0.1, 0.15) is 71.1 Å². The molecule has 1 aliphatic heterocycles. The van der Waals surface area contributed by atoms with Gasteiger partial charge in [-0.3, -0.25) is 0 Å². The van der Waals surface area contributed by atoms with E-state index in [1.165, 1.54) is 70.0 Å². The molecule has 1 saturated heterocycles. The fourth-order valence-corrected chi connectivity index (χ4v) is 4.23. The Morgan fingerprint density at radius 3 is 1.66 bits per heavy atom. The fraction of sp³-hybridized carbons (Fsp3) is 1.00. The van der Waals surface area contributed by atoms with Crippen LogP contribution in [0.3, 0.4) is 0 Å². The Morgan fingerprint density at radius 2 is 1.07 bits per heavy atom. The molecule has 0 spiro atoms. The summed E-state index contributed by atoms with van der Waals surface area (Å²) in [5.41, 5.74) is 0. The van der Waals surface area contributed by atoms with E-state index < -0.39 is 0 Å². The van der Waals surface area contributed by atoms with E-state index in [0.717, 1.165) is 5.75 Å². The van der Waals surface area contributed by atoms with Crippen molar-refractivity contribution in [3.63, 3.8) is 0 Å². The number of unbranched alkanes of at least 4 members (excludes halogenated alkanes) is 9. The van der Waals surface area contributed by atoms with Gasteiger partial charge >= 0.3 is 0 Å². The summed E-state index contributed by atoms with van der Waals surface area (Å²) in [4.78, 5) is 0. The molecule has 0 aromatic rings. The Kier molecular flexibility index (Phi) is 21.4. The standard InChI is InChI=1S/C23H46O5S/c1-2-3-4-5-6-7-8-9-10-11-20-29-22-23-21-27-17-16-25-13-12-24-14-15-26-18-19-28-23/h23H,2-22H2,1H3. The highest BCUT2D eigenvalue weighted by molar-refractivity contribution is 7.99.